The normalized spacial score (nSPS) is 11.2. The third-order valence-electron chi connectivity index (χ3n) is 4.43. The molecule has 0 spiro atoms. The standard InChI is InChI=1S/C23H25ClN4O4/c1-23(2,3)14-32-22(31)25-13-19-17-6-4-5-7-18(17)21(30)28(26-19)27-20(29)12-15-8-10-16(24)11-9-15/h4-11H,12-14H2,1-3H3,(H,25,31)(H,27,29). The predicted molar refractivity (Wildman–Crippen MR) is 123 cm³/mol. The molecule has 0 saturated carbocycles. The summed E-state index contributed by atoms with van der Waals surface area (Å²) in [5, 5.41) is 8.42. The average Bonchev–Trinajstić information content (AvgIpc) is 2.74. The molecule has 0 atom stereocenters. The lowest BCUT2D eigenvalue weighted by atomic mass is 9.99. The number of ether oxygens (including phenoxy) is 1. The summed E-state index contributed by atoms with van der Waals surface area (Å²) in [6, 6.07) is 13.7. The second kappa shape index (κ2) is 9.82. The van der Waals surface area contributed by atoms with Crippen LogP contribution < -0.4 is 16.3 Å². The first kappa shape index (κ1) is 23.3. The van der Waals surface area contributed by atoms with Crippen LogP contribution in [0.15, 0.2) is 53.3 Å². The zero-order valence-corrected chi connectivity index (χ0v) is 18.9. The first-order valence-corrected chi connectivity index (χ1v) is 10.5. The van der Waals surface area contributed by atoms with Crippen molar-refractivity contribution < 1.29 is 14.3 Å². The molecular formula is C23H25ClN4O4. The van der Waals surface area contributed by atoms with Crippen molar-refractivity contribution in [1.29, 1.82) is 0 Å². The second-order valence-corrected chi connectivity index (χ2v) is 8.97. The van der Waals surface area contributed by atoms with E-state index < -0.39 is 17.6 Å². The number of halogens is 1. The van der Waals surface area contributed by atoms with Gasteiger partial charge in [0.1, 0.15) is 0 Å². The van der Waals surface area contributed by atoms with E-state index in [9.17, 15) is 14.4 Å². The van der Waals surface area contributed by atoms with E-state index in [4.69, 9.17) is 16.3 Å². The Labute approximate surface area is 190 Å². The summed E-state index contributed by atoms with van der Waals surface area (Å²) in [5.74, 6) is -0.416. The van der Waals surface area contributed by atoms with Crippen LogP contribution in [0.25, 0.3) is 10.8 Å². The van der Waals surface area contributed by atoms with E-state index >= 15 is 0 Å². The summed E-state index contributed by atoms with van der Waals surface area (Å²) in [4.78, 5) is 38.2. The molecule has 0 bridgehead atoms. The SMILES string of the molecule is CC(C)(C)COC(=O)NCc1nn(NC(=O)Cc2ccc(Cl)cc2)c(=O)c2ccccc12. The number of nitrogens with one attached hydrogen (secondary N) is 2. The monoisotopic (exact) mass is 456 g/mol. The lowest BCUT2D eigenvalue weighted by Crippen LogP contribution is -2.37. The Kier molecular flexibility index (Phi) is 7.15. The van der Waals surface area contributed by atoms with E-state index in [0.29, 0.717) is 21.5 Å². The quantitative estimate of drug-likeness (QED) is 0.589. The molecule has 168 valence electrons. The summed E-state index contributed by atoms with van der Waals surface area (Å²) in [6.45, 7) is 6.15. The molecule has 0 aliphatic heterocycles. The van der Waals surface area contributed by atoms with Gasteiger partial charge in [0.25, 0.3) is 5.56 Å². The van der Waals surface area contributed by atoms with Crippen molar-refractivity contribution in [3.8, 4) is 0 Å². The molecule has 0 aliphatic carbocycles. The van der Waals surface area contributed by atoms with E-state index in [1.165, 1.54) is 0 Å². The van der Waals surface area contributed by atoms with E-state index in [-0.39, 0.29) is 25.0 Å². The van der Waals surface area contributed by atoms with Crippen LogP contribution in [-0.2, 0) is 22.5 Å². The number of fused-ring (bicyclic) bond motifs is 1. The van der Waals surface area contributed by atoms with Crippen LogP contribution in [0, 0.1) is 5.41 Å². The van der Waals surface area contributed by atoms with Gasteiger partial charge >= 0.3 is 6.09 Å². The van der Waals surface area contributed by atoms with Gasteiger partial charge in [0.2, 0.25) is 5.91 Å². The molecule has 0 radical (unpaired) electrons. The van der Waals surface area contributed by atoms with Gasteiger partial charge in [-0.25, -0.2) is 10.2 Å². The molecule has 0 aliphatic rings. The highest BCUT2D eigenvalue weighted by Gasteiger charge is 2.16. The van der Waals surface area contributed by atoms with Gasteiger partial charge in [0, 0.05) is 10.4 Å². The number of rotatable bonds is 6. The zero-order valence-electron chi connectivity index (χ0n) is 18.1. The van der Waals surface area contributed by atoms with Crippen molar-refractivity contribution in [3.63, 3.8) is 0 Å². The lowest BCUT2D eigenvalue weighted by Gasteiger charge is -2.18. The highest BCUT2D eigenvalue weighted by Crippen LogP contribution is 2.15. The summed E-state index contributed by atoms with van der Waals surface area (Å²) >= 11 is 5.87. The molecule has 2 N–H and O–H groups in total. The van der Waals surface area contributed by atoms with Gasteiger partial charge in [0.15, 0.2) is 0 Å². The van der Waals surface area contributed by atoms with Crippen molar-refractivity contribution >= 4 is 34.4 Å². The van der Waals surface area contributed by atoms with Gasteiger partial charge in [-0.2, -0.15) is 5.10 Å². The maximum atomic E-state index is 12.8. The van der Waals surface area contributed by atoms with Crippen LogP contribution in [0.4, 0.5) is 4.79 Å². The number of hydrogen-bond donors (Lipinski definition) is 2. The van der Waals surface area contributed by atoms with Crippen molar-refractivity contribution in [3.05, 3.63) is 75.2 Å². The van der Waals surface area contributed by atoms with E-state index in [2.05, 4.69) is 15.8 Å². The Balaban J connectivity index is 1.79. The Hall–Kier alpha value is -3.39. The fraction of sp³-hybridized carbons (Fsp3) is 0.304. The number of hydrogen-bond acceptors (Lipinski definition) is 5. The van der Waals surface area contributed by atoms with E-state index in [0.717, 1.165) is 10.4 Å². The highest BCUT2D eigenvalue weighted by molar-refractivity contribution is 6.30. The summed E-state index contributed by atoms with van der Waals surface area (Å²) in [7, 11) is 0. The van der Waals surface area contributed by atoms with Crippen LogP contribution >= 0.6 is 11.6 Å². The average molecular weight is 457 g/mol. The summed E-state index contributed by atoms with van der Waals surface area (Å²) < 4.78 is 5.21. The van der Waals surface area contributed by atoms with Gasteiger partial charge < -0.3 is 10.1 Å². The molecule has 0 unspecified atom stereocenters. The smallest absolute Gasteiger partial charge is 0.407 e. The molecule has 1 heterocycles. The molecule has 9 heteroatoms. The van der Waals surface area contributed by atoms with Gasteiger partial charge in [-0.3, -0.25) is 9.59 Å². The van der Waals surface area contributed by atoms with Crippen molar-refractivity contribution in [2.45, 2.75) is 33.7 Å². The molecule has 8 nitrogen and oxygen atoms in total. The van der Waals surface area contributed by atoms with Crippen LogP contribution in [0.2, 0.25) is 5.02 Å². The molecule has 0 fully saturated rings. The molecule has 1 aromatic heterocycles. The third kappa shape index (κ3) is 6.31. The number of carbonyl (C=O) groups excluding carboxylic acids is 2. The summed E-state index contributed by atoms with van der Waals surface area (Å²) in [5.41, 5.74) is 3.04. The fourth-order valence-corrected chi connectivity index (χ4v) is 3.02. The number of nitrogens with zero attached hydrogens (tertiary/aromatic N) is 2. The zero-order chi connectivity index (χ0) is 23.3. The van der Waals surface area contributed by atoms with Gasteiger partial charge in [0.05, 0.1) is 30.7 Å². The van der Waals surface area contributed by atoms with E-state index in [1.54, 1.807) is 48.5 Å². The number of aromatic nitrogens is 2. The van der Waals surface area contributed by atoms with Crippen molar-refractivity contribution in [2.75, 3.05) is 12.0 Å². The first-order chi connectivity index (χ1) is 15.1. The predicted octanol–water partition coefficient (Wildman–Crippen LogP) is 3.64. The van der Waals surface area contributed by atoms with Gasteiger partial charge in [-0.05, 0) is 29.2 Å². The Morgan fingerprint density at radius 2 is 1.72 bits per heavy atom. The van der Waals surface area contributed by atoms with Gasteiger partial charge in [-0.15, -0.1) is 4.79 Å². The maximum absolute atomic E-state index is 12.8. The fourth-order valence-electron chi connectivity index (χ4n) is 2.90. The third-order valence-corrected chi connectivity index (χ3v) is 4.68. The minimum Gasteiger partial charge on any atom is -0.449 e. The molecule has 0 saturated heterocycles. The number of alkyl carbamates (subject to hydrolysis) is 1. The first-order valence-electron chi connectivity index (χ1n) is 10.1. The molecule has 3 aromatic rings. The molecule has 3 rings (SSSR count). The van der Waals surface area contributed by atoms with Crippen LogP contribution in [0.1, 0.15) is 32.0 Å². The second-order valence-electron chi connectivity index (χ2n) is 8.54. The highest BCUT2D eigenvalue weighted by atomic mass is 35.5. The Bertz CT molecular complexity index is 1180. The summed E-state index contributed by atoms with van der Waals surface area (Å²) in [6.07, 6.45) is -0.541. The topological polar surface area (TPSA) is 102 Å². The van der Waals surface area contributed by atoms with Crippen LogP contribution in [0.3, 0.4) is 0 Å². The number of benzene rings is 2. The molecule has 32 heavy (non-hydrogen) atoms. The number of carbonyl (C=O) groups is 2. The van der Waals surface area contributed by atoms with Crippen LogP contribution in [0.5, 0.6) is 0 Å². The van der Waals surface area contributed by atoms with Crippen molar-refractivity contribution in [1.82, 2.24) is 15.2 Å². The van der Waals surface area contributed by atoms with E-state index in [1.807, 2.05) is 20.8 Å². The largest absolute Gasteiger partial charge is 0.449 e. The van der Waals surface area contributed by atoms with Gasteiger partial charge in [-0.1, -0.05) is 62.7 Å². The Morgan fingerprint density at radius 1 is 1.06 bits per heavy atom. The van der Waals surface area contributed by atoms with Crippen LogP contribution in [-0.4, -0.2) is 28.5 Å². The molecule has 2 aromatic carbocycles. The number of amides is 2. The molecular weight excluding hydrogens is 432 g/mol. The maximum Gasteiger partial charge on any atom is 0.407 e. The minimum absolute atomic E-state index is 0.0246. The molecule has 2 amide bonds. The minimum atomic E-state index is -0.588. The Morgan fingerprint density at radius 3 is 2.38 bits per heavy atom. The van der Waals surface area contributed by atoms with Crippen molar-refractivity contribution in [2.24, 2.45) is 5.41 Å². The lowest BCUT2D eigenvalue weighted by molar-refractivity contribution is -0.116.